The molecule has 0 nitrogen and oxygen atoms in total. The van der Waals surface area contributed by atoms with Gasteiger partial charge in [0.1, 0.15) is 0 Å². The molecule has 0 heterocycles. The summed E-state index contributed by atoms with van der Waals surface area (Å²) in [5.41, 5.74) is 7.97. The van der Waals surface area contributed by atoms with Crippen LogP contribution in [0.3, 0.4) is 0 Å². The highest BCUT2D eigenvalue weighted by atomic mass is 14.5. The fraction of sp³-hybridized carbons (Fsp3) is 0.290. The number of allylic oxidation sites excluding steroid dienone is 10. The molecule has 0 atom stereocenters. The van der Waals surface area contributed by atoms with Crippen molar-refractivity contribution in [2.45, 2.75) is 52.4 Å². The van der Waals surface area contributed by atoms with Crippen molar-refractivity contribution in [2.24, 2.45) is 5.41 Å². The molecule has 4 rings (SSSR count). The van der Waals surface area contributed by atoms with Gasteiger partial charge in [-0.15, -0.1) is 0 Å². The standard InChI is InChI=1S/C31H34/c1-5-7-14-24(15-8-6-2)31(25-16-13-22-30(3,4)23-21-25)28-19-11-9-17-26(28)27-18-10-12-20-29(27)31/h7,9-23H,5-6,8H2,1-4H3/b14-7-,24-15+. The van der Waals surface area contributed by atoms with Crippen molar-refractivity contribution in [3.8, 4) is 11.1 Å². The highest BCUT2D eigenvalue weighted by molar-refractivity contribution is 5.87. The van der Waals surface area contributed by atoms with Crippen molar-refractivity contribution >= 4 is 0 Å². The fourth-order valence-electron chi connectivity index (χ4n) is 4.98. The summed E-state index contributed by atoms with van der Waals surface area (Å²) in [6.07, 6.45) is 22.0. The van der Waals surface area contributed by atoms with Gasteiger partial charge in [-0.25, -0.2) is 0 Å². The van der Waals surface area contributed by atoms with E-state index in [1.807, 2.05) is 0 Å². The Morgan fingerprint density at radius 2 is 1.52 bits per heavy atom. The van der Waals surface area contributed by atoms with E-state index in [9.17, 15) is 0 Å². The highest BCUT2D eigenvalue weighted by Crippen LogP contribution is 2.57. The van der Waals surface area contributed by atoms with Gasteiger partial charge in [0.05, 0.1) is 5.41 Å². The number of hydrogen-bond acceptors (Lipinski definition) is 0. The van der Waals surface area contributed by atoms with Gasteiger partial charge in [0, 0.05) is 5.41 Å². The van der Waals surface area contributed by atoms with Crippen LogP contribution in [-0.2, 0) is 5.41 Å². The van der Waals surface area contributed by atoms with E-state index < -0.39 is 0 Å². The van der Waals surface area contributed by atoms with Crippen LogP contribution in [0.1, 0.15) is 58.1 Å². The molecule has 0 saturated carbocycles. The molecule has 2 aliphatic rings. The average molecular weight is 407 g/mol. The first-order chi connectivity index (χ1) is 15.0. The molecule has 0 amide bonds. The molecule has 0 bridgehead atoms. The van der Waals surface area contributed by atoms with E-state index in [1.54, 1.807) is 0 Å². The van der Waals surface area contributed by atoms with Crippen molar-refractivity contribution in [3.05, 3.63) is 119 Å². The molecule has 0 fully saturated rings. The van der Waals surface area contributed by atoms with Crippen molar-refractivity contribution in [1.82, 2.24) is 0 Å². The predicted molar refractivity (Wildman–Crippen MR) is 135 cm³/mol. The summed E-state index contributed by atoms with van der Waals surface area (Å²) in [5, 5.41) is 0. The molecule has 0 unspecified atom stereocenters. The van der Waals surface area contributed by atoms with Crippen LogP contribution >= 0.6 is 0 Å². The lowest BCUT2D eigenvalue weighted by Crippen LogP contribution is -2.29. The molecule has 2 aromatic carbocycles. The van der Waals surface area contributed by atoms with Crippen molar-refractivity contribution in [1.29, 1.82) is 0 Å². The van der Waals surface area contributed by atoms with Crippen LogP contribution in [0.2, 0.25) is 0 Å². The third kappa shape index (κ3) is 3.69. The lowest BCUT2D eigenvalue weighted by Gasteiger charge is -2.36. The van der Waals surface area contributed by atoms with Crippen LogP contribution in [0, 0.1) is 5.41 Å². The van der Waals surface area contributed by atoms with Gasteiger partial charge in [-0.05, 0) is 46.2 Å². The maximum absolute atomic E-state index is 2.47. The molecule has 0 aromatic heterocycles. The van der Waals surface area contributed by atoms with Crippen LogP contribution < -0.4 is 0 Å². The van der Waals surface area contributed by atoms with Gasteiger partial charge in [0.25, 0.3) is 0 Å². The first-order valence-electron chi connectivity index (χ1n) is 11.7. The second-order valence-corrected chi connectivity index (χ2v) is 9.24. The van der Waals surface area contributed by atoms with E-state index in [-0.39, 0.29) is 10.8 Å². The molecule has 158 valence electrons. The third-order valence-corrected chi connectivity index (χ3v) is 6.50. The third-order valence-electron chi connectivity index (χ3n) is 6.50. The van der Waals surface area contributed by atoms with Crippen molar-refractivity contribution < 1.29 is 0 Å². The van der Waals surface area contributed by atoms with Gasteiger partial charge in [0.15, 0.2) is 0 Å². The first-order valence-corrected chi connectivity index (χ1v) is 11.7. The minimum Gasteiger partial charge on any atom is -0.0845 e. The second-order valence-electron chi connectivity index (χ2n) is 9.24. The smallest absolute Gasteiger partial charge is 0.0710 e. The van der Waals surface area contributed by atoms with Gasteiger partial charge in [0.2, 0.25) is 0 Å². The number of benzene rings is 2. The highest BCUT2D eigenvalue weighted by Gasteiger charge is 2.47. The molecule has 2 aromatic rings. The maximum Gasteiger partial charge on any atom is 0.0710 e. The molecule has 0 N–H and O–H groups in total. The molecule has 31 heavy (non-hydrogen) atoms. The van der Waals surface area contributed by atoms with Gasteiger partial charge in [-0.2, -0.15) is 0 Å². The van der Waals surface area contributed by atoms with Crippen molar-refractivity contribution in [2.75, 3.05) is 0 Å². The fourth-order valence-corrected chi connectivity index (χ4v) is 4.98. The molecule has 2 aliphatic carbocycles. The van der Waals surface area contributed by atoms with E-state index >= 15 is 0 Å². The van der Waals surface area contributed by atoms with E-state index in [4.69, 9.17) is 0 Å². The molecule has 0 aliphatic heterocycles. The number of unbranched alkanes of at least 4 members (excludes halogenated alkanes) is 1. The Morgan fingerprint density at radius 3 is 2.13 bits per heavy atom. The quantitative estimate of drug-likeness (QED) is 0.421. The normalized spacial score (nSPS) is 18.6. The molecule has 0 saturated heterocycles. The Balaban J connectivity index is 2.10. The SMILES string of the molecule is CC/C=C\C(=C/CCC)C1(C2=CC=CC(C)(C)C=C2)c2ccccc2-c2ccccc21. The van der Waals surface area contributed by atoms with E-state index in [2.05, 4.69) is 125 Å². The van der Waals surface area contributed by atoms with Gasteiger partial charge in [-0.1, -0.05) is 131 Å². The van der Waals surface area contributed by atoms with Crippen LogP contribution in [0.4, 0.5) is 0 Å². The number of rotatable bonds is 6. The van der Waals surface area contributed by atoms with E-state index in [0.29, 0.717) is 0 Å². The average Bonchev–Trinajstić information content (AvgIpc) is 2.94. The molecule has 0 heteroatoms. The van der Waals surface area contributed by atoms with Gasteiger partial charge >= 0.3 is 0 Å². The summed E-state index contributed by atoms with van der Waals surface area (Å²) >= 11 is 0. The summed E-state index contributed by atoms with van der Waals surface area (Å²) in [6, 6.07) is 18.0. The Hall–Kier alpha value is -2.86. The zero-order valence-corrected chi connectivity index (χ0v) is 19.4. The minimum atomic E-state index is -0.296. The Bertz CT molecular complexity index is 1050. The Kier molecular flexibility index (Phi) is 6.01. The van der Waals surface area contributed by atoms with E-state index in [0.717, 1.165) is 19.3 Å². The van der Waals surface area contributed by atoms with Crippen LogP contribution in [-0.4, -0.2) is 0 Å². The largest absolute Gasteiger partial charge is 0.0845 e. The minimum absolute atomic E-state index is 0.0453. The number of hydrogen-bond donors (Lipinski definition) is 0. The van der Waals surface area contributed by atoms with Gasteiger partial charge < -0.3 is 0 Å². The number of fused-ring (bicyclic) bond motifs is 3. The van der Waals surface area contributed by atoms with Gasteiger partial charge in [-0.3, -0.25) is 0 Å². The maximum atomic E-state index is 2.47. The Morgan fingerprint density at radius 1 is 0.871 bits per heavy atom. The lowest BCUT2D eigenvalue weighted by atomic mass is 9.66. The summed E-state index contributed by atoms with van der Waals surface area (Å²) in [7, 11) is 0. The van der Waals surface area contributed by atoms with E-state index in [1.165, 1.54) is 33.4 Å². The molecule has 0 spiro atoms. The topological polar surface area (TPSA) is 0 Å². The summed E-state index contributed by atoms with van der Waals surface area (Å²) in [4.78, 5) is 0. The Labute approximate surface area is 188 Å². The van der Waals surface area contributed by atoms with Crippen molar-refractivity contribution in [3.63, 3.8) is 0 Å². The first kappa shape index (κ1) is 21.4. The monoisotopic (exact) mass is 406 g/mol. The molecule has 0 radical (unpaired) electrons. The summed E-state index contributed by atoms with van der Waals surface area (Å²) < 4.78 is 0. The zero-order chi connectivity index (χ0) is 21.9. The van der Waals surface area contributed by atoms with Crippen LogP contribution in [0.15, 0.2) is 108 Å². The molecular formula is C31H34. The predicted octanol–water partition coefficient (Wildman–Crippen LogP) is 8.72. The zero-order valence-electron chi connectivity index (χ0n) is 19.4. The molecular weight excluding hydrogens is 372 g/mol. The summed E-state index contributed by atoms with van der Waals surface area (Å²) in [5.74, 6) is 0. The summed E-state index contributed by atoms with van der Waals surface area (Å²) in [6.45, 7) is 9.01. The second kappa shape index (κ2) is 8.71. The van der Waals surface area contributed by atoms with Crippen LogP contribution in [0.5, 0.6) is 0 Å². The lowest BCUT2D eigenvalue weighted by molar-refractivity contribution is 0.625. The van der Waals surface area contributed by atoms with Crippen LogP contribution in [0.25, 0.3) is 11.1 Å².